The number of rotatable bonds is 7. The number of nitrogens with zero attached hydrogens (tertiary/aromatic N) is 4. The van der Waals surface area contributed by atoms with Gasteiger partial charge < -0.3 is 10.1 Å². The largest absolute Gasteiger partial charge is 0.470 e. The van der Waals surface area contributed by atoms with Crippen LogP contribution in [0, 0.1) is 6.92 Å². The predicted molar refractivity (Wildman–Crippen MR) is 108 cm³/mol. The van der Waals surface area contributed by atoms with E-state index in [0.29, 0.717) is 21.5 Å². The van der Waals surface area contributed by atoms with E-state index in [1.54, 1.807) is 30.5 Å². The number of carbonyl (C=O) groups excluding carboxylic acids is 1. The molecule has 7 nitrogen and oxygen atoms in total. The first-order valence-corrected chi connectivity index (χ1v) is 9.59. The Morgan fingerprint density at radius 1 is 1.25 bits per heavy atom. The Balaban J connectivity index is 1.61. The highest BCUT2D eigenvalue weighted by atomic mass is 35.5. The third-order valence-electron chi connectivity index (χ3n) is 4.24. The van der Waals surface area contributed by atoms with Crippen LogP contribution in [0.25, 0.3) is 0 Å². The molecular weight excluding hydrogens is 401 g/mol. The summed E-state index contributed by atoms with van der Waals surface area (Å²) in [5, 5.41) is 12.6. The van der Waals surface area contributed by atoms with Gasteiger partial charge >= 0.3 is 0 Å². The van der Waals surface area contributed by atoms with Crippen molar-refractivity contribution in [3.8, 4) is 5.75 Å². The van der Waals surface area contributed by atoms with E-state index in [1.165, 1.54) is 4.68 Å². The molecule has 2 heterocycles. The molecule has 0 bridgehead atoms. The minimum Gasteiger partial charge on any atom is -0.470 e. The van der Waals surface area contributed by atoms with Gasteiger partial charge in [-0.25, -0.2) is 4.68 Å². The maximum absolute atomic E-state index is 12.5. The van der Waals surface area contributed by atoms with Crippen molar-refractivity contribution in [2.45, 2.75) is 40.1 Å². The molecule has 0 aliphatic carbocycles. The standard InChI is InChI=1S/C19H21Cl2N5O2/c1-4-25-10-15(13(3)23-25)12(2)22-19(27)17-7-8-26(24-17)11-28-18-6-5-14(20)9-16(18)21/h5-10,12H,4,11H2,1-3H3,(H,22,27). The van der Waals surface area contributed by atoms with Crippen molar-refractivity contribution in [2.24, 2.45) is 0 Å². The third kappa shape index (κ3) is 4.66. The summed E-state index contributed by atoms with van der Waals surface area (Å²) in [6, 6.07) is 6.43. The lowest BCUT2D eigenvalue weighted by molar-refractivity contribution is 0.0932. The van der Waals surface area contributed by atoms with E-state index >= 15 is 0 Å². The number of hydrogen-bond donors (Lipinski definition) is 1. The zero-order valence-corrected chi connectivity index (χ0v) is 17.3. The van der Waals surface area contributed by atoms with Gasteiger partial charge in [0.2, 0.25) is 0 Å². The number of ether oxygens (including phenoxy) is 1. The fourth-order valence-corrected chi connectivity index (χ4v) is 3.21. The van der Waals surface area contributed by atoms with E-state index in [1.807, 2.05) is 31.6 Å². The second-order valence-electron chi connectivity index (χ2n) is 6.31. The Labute approximate surface area is 173 Å². The number of halogens is 2. The first kappa shape index (κ1) is 20.2. The summed E-state index contributed by atoms with van der Waals surface area (Å²) in [5.74, 6) is 0.226. The van der Waals surface area contributed by atoms with Crippen LogP contribution in [0.5, 0.6) is 5.75 Å². The van der Waals surface area contributed by atoms with Gasteiger partial charge in [0, 0.05) is 29.5 Å². The van der Waals surface area contributed by atoms with Crippen molar-refractivity contribution in [2.75, 3.05) is 0 Å². The molecule has 1 atom stereocenters. The van der Waals surface area contributed by atoms with Gasteiger partial charge in [-0.05, 0) is 45.0 Å². The first-order chi connectivity index (χ1) is 13.4. The molecule has 148 valence electrons. The number of hydrogen-bond acceptors (Lipinski definition) is 4. The van der Waals surface area contributed by atoms with Crippen molar-refractivity contribution in [3.63, 3.8) is 0 Å². The molecule has 0 aliphatic rings. The van der Waals surface area contributed by atoms with Crippen LogP contribution in [0.2, 0.25) is 10.0 Å². The normalized spacial score (nSPS) is 12.0. The first-order valence-electron chi connectivity index (χ1n) is 8.83. The van der Waals surface area contributed by atoms with Crippen molar-refractivity contribution in [1.82, 2.24) is 24.9 Å². The van der Waals surface area contributed by atoms with E-state index < -0.39 is 0 Å². The Morgan fingerprint density at radius 3 is 2.71 bits per heavy atom. The fraction of sp³-hybridized carbons (Fsp3) is 0.316. The molecule has 28 heavy (non-hydrogen) atoms. The highest BCUT2D eigenvalue weighted by Gasteiger charge is 2.17. The van der Waals surface area contributed by atoms with Gasteiger partial charge in [0.15, 0.2) is 6.73 Å². The Kier molecular flexibility index (Phi) is 6.26. The Hall–Kier alpha value is -2.51. The number of carbonyl (C=O) groups is 1. The smallest absolute Gasteiger partial charge is 0.272 e. The molecule has 0 radical (unpaired) electrons. The lowest BCUT2D eigenvalue weighted by Gasteiger charge is -2.12. The van der Waals surface area contributed by atoms with Crippen LogP contribution in [0.3, 0.4) is 0 Å². The topological polar surface area (TPSA) is 74.0 Å². The van der Waals surface area contributed by atoms with Gasteiger partial charge in [-0.2, -0.15) is 10.2 Å². The molecule has 0 aliphatic heterocycles. The molecular formula is C19H21Cl2N5O2. The van der Waals surface area contributed by atoms with Crippen LogP contribution >= 0.6 is 23.2 Å². The van der Waals surface area contributed by atoms with Crippen molar-refractivity contribution < 1.29 is 9.53 Å². The molecule has 1 amide bonds. The molecule has 0 saturated heterocycles. The molecule has 1 unspecified atom stereocenters. The van der Waals surface area contributed by atoms with Crippen molar-refractivity contribution in [3.05, 3.63) is 63.7 Å². The van der Waals surface area contributed by atoms with Gasteiger partial charge in [-0.3, -0.25) is 9.48 Å². The number of benzene rings is 1. The second kappa shape index (κ2) is 8.67. The van der Waals surface area contributed by atoms with Crippen LogP contribution in [0.4, 0.5) is 0 Å². The van der Waals surface area contributed by atoms with Gasteiger partial charge in [0.1, 0.15) is 11.4 Å². The molecule has 0 spiro atoms. The van der Waals surface area contributed by atoms with Gasteiger partial charge in [0.25, 0.3) is 5.91 Å². The minimum absolute atomic E-state index is 0.118. The summed E-state index contributed by atoms with van der Waals surface area (Å²) in [6.45, 7) is 6.77. The van der Waals surface area contributed by atoms with Crippen molar-refractivity contribution in [1.29, 1.82) is 0 Å². The lowest BCUT2D eigenvalue weighted by atomic mass is 10.1. The molecule has 0 saturated carbocycles. The summed E-state index contributed by atoms with van der Waals surface area (Å²) in [4.78, 5) is 12.5. The highest BCUT2D eigenvalue weighted by molar-refractivity contribution is 6.35. The maximum Gasteiger partial charge on any atom is 0.272 e. The SMILES string of the molecule is CCn1cc(C(C)NC(=O)c2ccn(COc3ccc(Cl)cc3Cl)n2)c(C)n1. The van der Waals surface area contributed by atoms with E-state index in [0.717, 1.165) is 17.8 Å². The number of amides is 1. The van der Waals surface area contributed by atoms with Crippen LogP contribution in [0.1, 0.15) is 41.6 Å². The molecule has 1 aromatic carbocycles. The van der Waals surface area contributed by atoms with E-state index in [4.69, 9.17) is 27.9 Å². The number of nitrogens with one attached hydrogen (secondary N) is 1. The summed E-state index contributed by atoms with van der Waals surface area (Å²) < 4.78 is 8.99. The molecule has 1 N–H and O–H groups in total. The zero-order valence-electron chi connectivity index (χ0n) is 15.8. The van der Waals surface area contributed by atoms with Crippen LogP contribution < -0.4 is 10.1 Å². The summed E-state index contributed by atoms with van der Waals surface area (Å²) in [7, 11) is 0. The number of aromatic nitrogens is 4. The zero-order chi connectivity index (χ0) is 20.3. The van der Waals surface area contributed by atoms with Crippen molar-refractivity contribution >= 4 is 29.1 Å². The van der Waals surface area contributed by atoms with Gasteiger partial charge in [-0.15, -0.1) is 0 Å². The average molecular weight is 422 g/mol. The van der Waals surface area contributed by atoms with E-state index in [9.17, 15) is 4.79 Å². The molecule has 9 heteroatoms. The van der Waals surface area contributed by atoms with E-state index in [2.05, 4.69) is 15.5 Å². The fourth-order valence-electron chi connectivity index (χ4n) is 2.75. The van der Waals surface area contributed by atoms with Gasteiger partial charge in [0.05, 0.1) is 16.8 Å². The molecule has 0 fully saturated rings. The van der Waals surface area contributed by atoms with Crippen LogP contribution in [-0.2, 0) is 13.3 Å². The predicted octanol–water partition coefficient (Wildman–Crippen LogP) is 4.24. The minimum atomic E-state index is -0.264. The average Bonchev–Trinajstić information content (AvgIpc) is 3.27. The van der Waals surface area contributed by atoms with Gasteiger partial charge in [-0.1, -0.05) is 23.2 Å². The summed E-state index contributed by atoms with van der Waals surface area (Å²) in [5.41, 5.74) is 2.18. The second-order valence-corrected chi connectivity index (χ2v) is 7.15. The van der Waals surface area contributed by atoms with Crippen LogP contribution in [0.15, 0.2) is 36.7 Å². The number of aryl methyl sites for hydroxylation is 2. The monoisotopic (exact) mass is 421 g/mol. The molecule has 2 aromatic heterocycles. The van der Waals surface area contributed by atoms with Crippen LogP contribution in [-0.4, -0.2) is 25.5 Å². The Morgan fingerprint density at radius 2 is 2.04 bits per heavy atom. The summed E-state index contributed by atoms with van der Waals surface area (Å²) >= 11 is 12.0. The summed E-state index contributed by atoms with van der Waals surface area (Å²) in [6.07, 6.45) is 3.62. The lowest BCUT2D eigenvalue weighted by Crippen LogP contribution is -2.27. The third-order valence-corrected chi connectivity index (χ3v) is 4.77. The Bertz CT molecular complexity index is 983. The molecule has 3 rings (SSSR count). The quantitative estimate of drug-likeness (QED) is 0.618. The molecule has 3 aromatic rings. The van der Waals surface area contributed by atoms with E-state index in [-0.39, 0.29) is 18.7 Å². The highest BCUT2D eigenvalue weighted by Crippen LogP contribution is 2.27. The maximum atomic E-state index is 12.5.